The van der Waals surface area contributed by atoms with Crippen LogP contribution in [0.25, 0.3) is 165 Å². The first kappa shape index (κ1) is 20.3. The molecule has 0 unspecified atom stereocenters. The molecule has 0 fully saturated rings. The zero-order valence-corrected chi connectivity index (χ0v) is 44.3. The average molecular weight is 1180 g/mol. The zero-order chi connectivity index (χ0) is 106. The van der Waals surface area contributed by atoms with Gasteiger partial charge in [-0.05, 0) is 158 Å². The Labute approximate surface area is 588 Å². The van der Waals surface area contributed by atoms with Crippen LogP contribution in [0.5, 0.6) is 0 Å². The number of fused-ring (bicyclic) bond motifs is 13. The van der Waals surface area contributed by atoms with Gasteiger partial charge < -0.3 is 8.83 Å². The largest absolute Gasteiger partial charge is 0.455 e. The highest BCUT2D eigenvalue weighted by atomic mass is 16.3. The van der Waals surface area contributed by atoms with E-state index < -0.39 is 491 Å². The quantitative estimate of drug-likeness (QED) is 0.155. The summed E-state index contributed by atoms with van der Waals surface area (Å²) in [6, 6.07) is -45.4. The molecule has 1 aliphatic carbocycles. The SMILES string of the molecule is [2H]c1c([2H])c([2H])c(-c2c([2H])c([2H])c([2H])c3c2oc2c([2H])c(-c4c5c([2H])c([2H])c([2H])c([2H])c5c(-c5c([2H])c([2H])c([2H])c([2H])c5[2H])c5c([2H])c([2H])c(C)c([2H])c45)c([2H])c([2H])c23)c([2H])c1[2H].[2H]c1c([2H])c([2H])c(-c2c3c([2H])c([2H])c([2H])c([2H])c3c(-c3c([2H])c([2H])c4c(oc5c(-c6c([2H])c([2H])c7c(c6[2H])-c6c([2H])c([2H])c([2H])c([2H])c6C7(C([2H])([2H])[2H])C([2H])([2H])[2H])c([2H])c([2H])c([2H])c54)c3[2H])c3c([2H])c([2H])c([2H])c([2H])c23)c([2H])c1[2H]. The molecule has 1 aliphatic rings. The van der Waals surface area contributed by atoms with Gasteiger partial charge in [0, 0.05) is 46.3 Å². The van der Waals surface area contributed by atoms with Crippen molar-refractivity contribution in [2.24, 2.45) is 0 Å². The van der Waals surface area contributed by atoms with Crippen LogP contribution in [0.15, 0.2) is 305 Å². The number of benzene rings is 15. The summed E-state index contributed by atoms with van der Waals surface area (Å²) in [6.45, 7) is -6.32. The van der Waals surface area contributed by atoms with E-state index in [1.807, 2.05) is 0 Å². The molecule has 0 spiro atoms. The molecule has 17 aromatic rings. The molecule has 0 saturated carbocycles. The van der Waals surface area contributed by atoms with Crippen LogP contribution in [0.4, 0.5) is 0 Å². The van der Waals surface area contributed by atoms with Crippen LogP contribution in [-0.2, 0) is 5.41 Å². The van der Waals surface area contributed by atoms with E-state index in [9.17, 15) is 24.7 Å². The average Bonchev–Trinajstić information content (AvgIpc) is 1.53. The van der Waals surface area contributed by atoms with Gasteiger partial charge in [-0.2, -0.15) is 0 Å². The highest BCUT2D eigenvalue weighted by molar-refractivity contribution is 6.24. The summed E-state index contributed by atoms with van der Waals surface area (Å²) in [5.74, 6) is 0. The fraction of sp³-hybridized carbons (Fsp3) is 0.0465. The van der Waals surface area contributed by atoms with Gasteiger partial charge in [0.25, 0.3) is 0 Å². The van der Waals surface area contributed by atoms with Crippen LogP contribution < -0.4 is 0 Å². The fourth-order valence-electron chi connectivity index (χ4n) is 10.9. The maximum Gasteiger partial charge on any atom is 0.143 e. The minimum absolute atomic E-state index is 0.178. The zero-order valence-electron chi connectivity index (χ0n) is 99.3. The van der Waals surface area contributed by atoms with Gasteiger partial charge in [0.05, 0.1) is 67.2 Å². The van der Waals surface area contributed by atoms with Crippen molar-refractivity contribution < 1.29 is 84.2 Å². The van der Waals surface area contributed by atoms with E-state index in [0.717, 1.165) is 0 Å². The second-order valence-electron chi connectivity index (χ2n) is 19.5. The number of furan rings is 2. The molecule has 0 atom stereocenters. The Hall–Kier alpha value is -11.1. The first-order chi connectivity index (χ1) is 66.2. The topological polar surface area (TPSA) is 26.3 Å². The van der Waals surface area contributed by atoms with Crippen LogP contribution in [-0.4, -0.2) is 0 Å². The van der Waals surface area contributed by atoms with E-state index in [2.05, 4.69) is 0 Å². The van der Waals surface area contributed by atoms with E-state index in [1.54, 1.807) is 0 Å². The predicted molar refractivity (Wildman–Crippen MR) is 372 cm³/mol. The highest BCUT2D eigenvalue weighted by Gasteiger charge is 2.35. The monoisotopic (exact) mass is 1180 g/mol. The molecule has 18 rings (SSSR count). The second kappa shape index (κ2) is 20.3. The molecule has 0 saturated heterocycles. The lowest BCUT2D eigenvalue weighted by atomic mass is 9.82. The Kier molecular flexibility index (Phi) is 4.68. The molecule has 2 heterocycles. The summed E-state index contributed by atoms with van der Waals surface area (Å²) in [7, 11) is 0. The minimum atomic E-state index is -3.80. The summed E-state index contributed by atoms with van der Waals surface area (Å²) < 4.78 is 502. The van der Waals surface area contributed by atoms with Crippen molar-refractivity contribution >= 4 is 87.0 Å². The van der Waals surface area contributed by atoms with Gasteiger partial charge in [-0.25, -0.2) is 0 Å². The molecule has 0 bridgehead atoms. The lowest BCUT2D eigenvalue weighted by Crippen LogP contribution is -2.14. The molecule has 2 heteroatoms. The van der Waals surface area contributed by atoms with Crippen LogP contribution >= 0.6 is 0 Å². The van der Waals surface area contributed by atoms with E-state index in [0.29, 0.717) is 0 Å². The highest BCUT2D eigenvalue weighted by Crippen LogP contribution is 2.52. The van der Waals surface area contributed by atoms with Gasteiger partial charge in [-0.1, -0.05) is 285 Å². The van der Waals surface area contributed by atoms with Gasteiger partial charge in [0.15, 0.2) is 0 Å². The van der Waals surface area contributed by atoms with Crippen molar-refractivity contribution in [3.63, 3.8) is 0 Å². The van der Waals surface area contributed by atoms with Crippen LogP contribution in [0.3, 0.4) is 0 Å². The summed E-state index contributed by atoms with van der Waals surface area (Å²) in [5, 5.41) is -7.34. The van der Waals surface area contributed by atoms with Crippen molar-refractivity contribution in [1.29, 1.82) is 0 Å². The van der Waals surface area contributed by atoms with Crippen molar-refractivity contribution in [3.8, 4) is 77.9 Å². The summed E-state index contributed by atoms with van der Waals surface area (Å²) >= 11 is 0. The van der Waals surface area contributed by atoms with Crippen molar-refractivity contribution in [1.82, 2.24) is 0 Å². The van der Waals surface area contributed by atoms with Gasteiger partial charge >= 0.3 is 0 Å². The Balaban J connectivity index is 0.000000202. The van der Waals surface area contributed by atoms with E-state index in [4.69, 9.17) is 59.6 Å². The van der Waals surface area contributed by atoms with Crippen LogP contribution in [0, 0.1) is 6.92 Å². The number of hydrogen-bond acceptors (Lipinski definition) is 2. The first-order valence-corrected chi connectivity index (χ1v) is 26.1. The molecule has 2 nitrogen and oxygen atoms in total. The number of hydrogen-bond donors (Lipinski definition) is 0. The third-order valence-corrected chi connectivity index (χ3v) is 14.6. The molecule has 0 amide bonds. The van der Waals surface area contributed by atoms with E-state index in [1.165, 1.54) is 6.92 Å². The maximum atomic E-state index is 9.85. The smallest absolute Gasteiger partial charge is 0.143 e. The Bertz CT molecular complexity index is 8700. The summed E-state index contributed by atoms with van der Waals surface area (Å²) in [5.41, 5.74) is -18.9. The van der Waals surface area contributed by atoms with Crippen molar-refractivity contribution in [2.75, 3.05) is 0 Å². The van der Waals surface area contributed by atoms with Crippen LogP contribution in [0.1, 0.15) is 106 Å². The molecular formula is C86H58O2. The van der Waals surface area contributed by atoms with E-state index in [-0.39, 0.29) is 5.56 Å². The normalized spacial score (nSPS) is 21.7. The Morgan fingerprint density at radius 3 is 1.15 bits per heavy atom. The number of para-hydroxylation sites is 2. The third-order valence-electron chi connectivity index (χ3n) is 14.6. The molecule has 0 N–H and O–H groups in total. The van der Waals surface area contributed by atoms with Crippen LogP contribution in [0.2, 0.25) is 0 Å². The van der Waals surface area contributed by atoms with Crippen molar-refractivity contribution in [2.45, 2.75) is 26.0 Å². The molecule has 88 heavy (non-hydrogen) atoms. The van der Waals surface area contributed by atoms with Gasteiger partial charge in [-0.3, -0.25) is 0 Å². The standard InChI is InChI=1S/C47H32O.C39H26O/c1-47(2)41-22-11-10-15-33(41)40-27-30(24-26-42(40)47)32-20-12-21-39-34-25-23-31(28-43(34)48-46(32)39)45-37-18-8-6-16-35(37)44(29-13-4-3-5-14-29)36-17-7-9-19-38(36)45;1-25-19-21-33-35(23-25)38(32-16-9-8-15-31(32)37(33)27-13-6-3-7-14-27)28-20-22-30-34-18-10-17-29(26-11-4-2-5-12-26)39(34)40-36(30)24-28/h3-28H,1-2H3;2-24H,1H3/i1D3,2D3,3D,4D,5D,6D,7D,8D,9D,10D,11D,12D,13D,14D,15D,16D,17D,18D,19D,20D,21D,22D,23D,24D,25D,26D,27D,28D;2D,3D,4D,5D,6D,7D,8D,9D,10D,11D,12D,13D,14D,15D,16D,17D,18D,19D,20D,21D,22D,23D,24D. The van der Waals surface area contributed by atoms with Gasteiger partial charge in [-0.15, -0.1) is 0 Å². The minimum Gasteiger partial charge on any atom is -0.455 e. The predicted octanol–water partition coefficient (Wildman–Crippen LogP) is 24.4. The first-order valence-electron chi connectivity index (χ1n) is 53.6. The lowest BCUT2D eigenvalue weighted by Gasteiger charge is -2.21. The van der Waals surface area contributed by atoms with Gasteiger partial charge in [0.2, 0.25) is 0 Å². The summed E-state index contributed by atoms with van der Waals surface area (Å²) in [6.07, 6.45) is 0. The molecule has 414 valence electrons. The molecule has 0 radical (unpaired) electrons. The van der Waals surface area contributed by atoms with E-state index >= 15 is 0 Å². The molecule has 2 aromatic heterocycles. The maximum absolute atomic E-state index is 9.85. The van der Waals surface area contributed by atoms with Crippen molar-refractivity contribution in [3.05, 3.63) is 313 Å². The summed E-state index contributed by atoms with van der Waals surface area (Å²) in [4.78, 5) is 0. The molecule has 0 aliphatic heterocycles. The Morgan fingerprint density at radius 1 is 0.261 bits per heavy atom. The molecule has 15 aromatic carbocycles. The second-order valence-corrected chi connectivity index (χ2v) is 19.5. The number of rotatable bonds is 6. The Morgan fingerprint density at radius 2 is 0.636 bits per heavy atom. The molecular weight excluding hydrogens is 1060 g/mol. The fourth-order valence-corrected chi connectivity index (χ4v) is 10.9. The lowest BCUT2D eigenvalue weighted by molar-refractivity contribution is 0.660. The van der Waals surface area contributed by atoms with Gasteiger partial charge in [0.1, 0.15) is 22.3 Å². The third kappa shape index (κ3) is 8.10.